The van der Waals surface area contributed by atoms with Gasteiger partial charge in [-0.3, -0.25) is 10.1 Å². The van der Waals surface area contributed by atoms with Crippen LogP contribution in [0.25, 0.3) is 28.6 Å². The lowest BCUT2D eigenvalue weighted by atomic mass is 10.2. The number of thiocarbonyl (C=S) groups is 1. The van der Waals surface area contributed by atoms with Crippen molar-refractivity contribution < 1.29 is 13.6 Å². The minimum Gasteiger partial charge on any atom is -0.465 e. The van der Waals surface area contributed by atoms with E-state index in [0.29, 0.717) is 44.0 Å². The van der Waals surface area contributed by atoms with Crippen LogP contribution in [-0.4, -0.2) is 16.0 Å². The monoisotopic (exact) mass is 457 g/mol. The maximum atomic E-state index is 12.0. The number of furan rings is 1. The van der Waals surface area contributed by atoms with Crippen molar-refractivity contribution in [1.82, 2.24) is 10.3 Å². The molecule has 1 amide bonds. The fraction of sp³-hybridized carbons (Fsp3) is 0. The number of halogens is 2. The molecule has 9 heteroatoms. The highest BCUT2D eigenvalue weighted by molar-refractivity contribution is 7.80. The summed E-state index contributed by atoms with van der Waals surface area (Å²) in [4.78, 5) is 16.4. The van der Waals surface area contributed by atoms with Gasteiger partial charge in [0.15, 0.2) is 10.7 Å². The zero-order valence-electron chi connectivity index (χ0n) is 15.2. The van der Waals surface area contributed by atoms with E-state index in [1.807, 2.05) is 0 Å². The number of benzene rings is 2. The third-order valence-corrected chi connectivity index (χ3v) is 4.75. The SMILES string of the molecule is O=C(C=Cc1ccco1)NC(=S)Nc1ccc(Cl)c(-c2nc3cc(Cl)ccc3o2)c1. The molecule has 2 heterocycles. The molecule has 0 spiro atoms. The Kier molecular flexibility index (Phi) is 5.85. The molecule has 0 bridgehead atoms. The quantitative estimate of drug-likeness (QED) is 0.292. The Labute approximate surface area is 186 Å². The summed E-state index contributed by atoms with van der Waals surface area (Å²) in [5, 5.41) is 6.64. The zero-order chi connectivity index (χ0) is 21.1. The van der Waals surface area contributed by atoms with Gasteiger partial charge in [0.05, 0.1) is 16.8 Å². The van der Waals surface area contributed by atoms with E-state index in [-0.39, 0.29) is 5.11 Å². The van der Waals surface area contributed by atoms with Gasteiger partial charge in [0.1, 0.15) is 11.3 Å². The molecule has 2 aromatic carbocycles. The van der Waals surface area contributed by atoms with Crippen LogP contribution in [0.15, 0.2) is 69.7 Å². The van der Waals surface area contributed by atoms with Crippen LogP contribution in [0.3, 0.4) is 0 Å². The molecule has 30 heavy (non-hydrogen) atoms. The molecule has 0 radical (unpaired) electrons. The van der Waals surface area contributed by atoms with E-state index in [1.165, 1.54) is 18.4 Å². The molecule has 0 unspecified atom stereocenters. The predicted octanol–water partition coefficient (Wildman–Crippen LogP) is 5.92. The van der Waals surface area contributed by atoms with Crippen molar-refractivity contribution in [3.05, 3.63) is 76.7 Å². The Hall–Kier alpha value is -3.13. The van der Waals surface area contributed by atoms with Gasteiger partial charge in [-0.1, -0.05) is 23.2 Å². The van der Waals surface area contributed by atoms with Gasteiger partial charge in [-0.05, 0) is 66.8 Å². The largest absolute Gasteiger partial charge is 0.465 e. The Balaban J connectivity index is 1.48. The van der Waals surface area contributed by atoms with Crippen LogP contribution in [0.5, 0.6) is 0 Å². The van der Waals surface area contributed by atoms with Gasteiger partial charge in [0, 0.05) is 16.8 Å². The molecule has 6 nitrogen and oxygen atoms in total. The number of fused-ring (bicyclic) bond motifs is 1. The van der Waals surface area contributed by atoms with E-state index in [4.69, 9.17) is 44.3 Å². The molecule has 2 N–H and O–H groups in total. The van der Waals surface area contributed by atoms with Crippen LogP contribution < -0.4 is 10.6 Å². The number of carbonyl (C=O) groups excluding carboxylic acids is 1. The molecule has 0 aliphatic rings. The number of anilines is 1. The molecular formula is C21H13Cl2N3O3S. The second kappa shape index (κ2) is 8.71. The van der Waals surface area contributed by atoms with E-state index < -0.39 is 5.91 Å². The molecule has 0 aliphatic carbocycles. The molecule has 0 atom stereocenters. The number of rotatable bonds is 4. The lowest BCUT2D eigenvalue weighted by Gasteiger charge is -2.09. The van der Waals surface area contributed by atoms with Crippen molar-refractivity contribution in [2.75, 3.05) is 5.32 Å². The molecule has 4 aromatic rings. The van der Waals surface area contributed by atoms with Crippen molar-refractivity contribution in [3.63, 3.8) is 0 Å². The molecule has 2 aromatic heterocycles. The van der Waals surface area contributed by atoms with Crippen LogP contribution >= 0.6 is 35.4 Å². The number of carbonyl (C=O) groups is 1. The number of amides is 1. The first kappa shape index (κ1) is 20.2. The van der Waals surface area contributed by atoms with Gasteiger partial charge in [0.2, 0.25) is 11.8 Å². The summed E-state index contributed by atoms with van der Waals surface area (Å²) in [5.41, 5.74) is 2.39. The average Bonchev–Trinajstić information content (AvgIpc) is 3.37. The number of hydrogen-bond acceptors (Lipinski definition) is 5. The number of nitrogens with one attached hydrogen (secondary N) is 2. The number of oxazole rings is 1. The summed E-state index contributed by atoms with van der Waals surface area (Å²) < 4.78 is 10.9. The third-order valence-electron chi connectivity index (χ3n) is 3.98. The van der Waals surface area contributed by atoms with Gasteiger partial charge < -0.3 is 14.2 Å². The summed E-state index contributed by atoms with van der Waals surface area (Å²) in [6.45, 7) is 0. The lowest BCUT2D eigenvalue weighted by molar-refractivity contribution is -0.115. The minimum absolute atomic E-state index is 0.127. The van der Waals surface area contributed by atoms with Crippen molar-refractivity contribution in [2.24, 2.45) is 0 Å². The van der Waals surface area contributed by atoms with E-state index in [1.54, 1.807) is 48.5 Å². The van der Waals surface area contributed by atoms with Crippen molar-refractivity contribution in [2.45, 2.75) is 0 Å². The lowest BCUT2D eigenvalue weighted by Crippen LogP contribution is -2.32. The Morgan fingerprint density at radius 3 is 2.80 bits per heavy atom. The Morgan fingerprint density at radius 2 is 2.00 bits per heavy atom. The van der Waals surface area contributed by atoms with E-state index >= 15 is 0 Å². The maximum Gasteiger partial charge on any atom is 0.250 e. The van der Waals surface area contributed by atoms with E-state index in [2.05, 4.69) is 15.6 Å². The Bertz CT molecular complexity index is 1270. The fourth-order valence-electron chi connectivity index (χ4n) is 2.64. The predicted molar refractivity (Wildman–Crippen MR) is 122 cm³/mol. The van der Waals surface area contributed by atoms with Gasteiger partial charge in [-0.25, -0.2) is 4.98 Å². The first-order valence-corrected chi connectivity index (χ1v) is 9.84. The molecule has 150 valence electrons. The first-order valence-electron chi connectivity index (χ1n) is 8.67. The van der Waals surface area contributed by atoms with Gasteiger partial charge in [-0.2, -0.15) is 0 Å². The van der Waals surface area contributed by atoms with Crippen LogP contribution in [0.1, 0.15) is 5.76 Å². The maximum absolute atomic E-state index is 12.0. The standard InChI is InChI=1S/C21H13Cl2N3O3S/c22-12-3-7-18-17(10-12)25-20(29-18)15-11-13(4-6-16(15)23)24-21(30)26-19(27)8-5-14-2-1-9-28-14/h1-11H,(H2,24,26,27,30). The average molecular weight is 458 g/mol. The summed E-state index contributed by atoms with van der Waals surface area (Å²) in [7, 11) is 0. The van der Waals surface area contributed by atoms with Crippen LogP contribution in [0.4, 0.5) is 5.69 Å². The minimum atomic E-state index is -0.395. The van der Waals surface area contributed by atoms with Crippen molar-refractivity contribution in [3.8, 4) is 11.5 Å². The van der Waals surface area contributed by atoms with Crippen molar-refractivity contribution in [1.29, 1.82) is 0 Å². The Morgan fingerprint density at radius 1 is 1.13 bits per heavy atom. The summed E-state index contributed by atoms with van der Waals surface area (Å²) in [6.07, 6.45) is 4.38. The fourth-order valence-corrected chi connectivity index (χ4v) is 3.23. The van der Waals surface area contributed by atoms with E-state index in [9.17, 15) is 4.79 Å². The summed E-state index contributed by atoms with van der Waals surface area (Å²) in [6, 6.07) is 13.8. The molecule has 0 saturated heterocycles. The zero-order valence-corrected chi connectivity index (χ0v) is 17.5. The first-order chi connectivity index (χ1) is 14.5. The second-order valence-corrected chi connectivity index (χ2v) is 7.37. The third kappa shape index (κ3) is 4.71. The van der Waals surface area contributed by atoms with Crippen LogP contribution in [0, 0.1) is 0 Å². The highest BCUT2D eigenvalue weighted by Crippen LogP contribution is 2.32. The number of aromatic nitrogens is 1. The molecule has 0 fully saturated rings. The van der Waals surface area contributed by atoms with Gasteiger partial charge in [0.25, 0.3) is 0 Å². The summed E-state index contributed by atoms with van der Waals surface area (Å²) in [5.74, 6) is 0.511. The van der Waals surface area contributed by atoms with Crippen molar-refractivity contribution >= 4 is 69.3 Å². The second-order valence-electron chi connectivity index (χ2n) is 6.12. The highest BCUT2D eigenvalue weighted by atomic mass is 35.5. The van der Waals surface area contributed by atoms with Crippen LogP contribution in [-0.2, 0) is 4.79 Å². The molecular weight excluding hydrogens is 445 g/mol. The summed E-state index contributed by atoms with van der Waals surface area (Å²) >= 11 is 17.5. The molecule has 0 aliphatic heterocycles. The van der Waals surface area contributed by atoms with Gasteiger partial charge >= 0.3 is 0 Å². The highest BCUT2D eigenvalue weighted by Gasteiger charge is 2.13. The smallest absolute Gasteiger partial charge is 0.250 e. The number of hydrogen-bond donors (Lipinski definition) is 2. The molecule has 0 saturated carbocycles. The van der Waals surface area contributed by atoms with E-state index in [0.717, 1.165) is 0 Å². The molecule has 4 rings (SSSR count). The van der Waals surface area contributed by atoms with Crippen LogP contribution in [0.2, 0.25) is 10.0 Å². The topological polar surface area (TPSA) is 80.3 Å². The van der Waals surface area contributed by atoms with Gasteiger partial charge in [-0.15, -0.1) is 0 Å². The normalized spacial score (nSPS) is 11.1. The number of nitrogens with zero attached hydrogens (tertiary/aromatic N) is 1.